The first-order valence-electron chi connectivity index (χ1n) is 5.45. The molecule has 1 aromatic heterocycles. The standard InChI is InChI=1S/C11H15ClN4O/c1-13-10-4-3-8(12)9(14-10)7-16-6-5-15(2)11(16)17/h3-4H,5-7H2,1-2H3,(H,13,14). The van der Waals surface area contributed by atoms with Crippen LogP contribution >= 0.6 is 11.6 Å². The summed E-state index contributed by atoms with van der Waals surface area (Å²) in [6.45, 7) is 1.93. The monoisotopic (exact) mass is 254 g/mol. The molecule has 0 aromatic carbocycles. The molecule has 2 rings (SSSR count). The van der Waals surface area contributed by atoms with Crippen LogP contribution in [0, 0.1) is 0 Å². The van der Waals surface area contributed by atoms with Crippen LogP contribution in [0.3, 0.4) is 0 Å². The topological polar surface area (TPSA) is 48.5 Å². The van der Waals surface area contributed by atoms with Gasteiger partial charge in [-0.1, -0.05) is 11.6 Å². The van der Waals surface area contributed by atoms with E-state index < -0.39 is 0 Å². The fourth-order valence-electron chi connectivity index (χ4n) is 1.77. The fraction of sp³-hybridized carbons (Fsp3) is 0.455. The van der Waals surface area contributed by atoms with E-state index >= 15 is 0 Å². The second-order valence-electron chi connectivity index (χ2n) is 4.00. The summed E-state index contributed by atoms with van der Waals surface area (Å²) in [4.78, 5) is 19.5. The Labute approximate surface area is 105 Å². The zero-order valence-corrected chi connectivity index (χ0v) is 10.7. The molecule has 1 aliphatic rings. The molecule has 6 heteroatoms. The summed E-state index contributed by atoms with van der Waals surface area (Å²) < 4.78 is 0. The van der Waals surface area contributed by atoms with Crippen molar-refractivity contribution in [3.05, 3.63) is 22.8 Å². The molecule has 2 heterocycles. The average Bonchev–Trinajstić information content (AvgIpc) is 2.64. The second-order valence-corrected chi connectivity index (χ2v) is 4.41. The molecule has 0 spiro atoms. The minimum absolute atomic E-state index is 0.0257. The number of anilines is 1. The number of aromatic nitrogens is 1. The number of nitrogens with one attached hydrogen (secondary N) is 1. The normalized spacial score (nSPS) is 15.6. The highest BCUT2D eigenvalue weighted by Crippen LogP contribution is 2.20. The third-order valence-electron chi connectivity index (χ3n) is 2.82. The average molecular weight is 255 g/mol. The maximum Gasteiger partial charge on any atom is 0.320 e. The van der Waals surface area contributed by atoms with Gasteiger partial charge >= 0.3 is 6.03 Å². The number of pyridine rings is 1. The second kappa shape index (κ2) is 4.79. The van der Waals surface area contributed by atoms with Gasteiger partial charge in [-0.2, -0.15) is 0 Å². The van der Waals surface area contributed by atoms with E-state index in [9.17, 15) is 4.79 Å². The summed E-state index contributed by atoms with van der Waals surface area (Å²) in [6, 6.07) is 3.63. The van der Waals surface area contributed by atoms with Crippen LogP contribution in [0.25, 0.3) is 0 Å². The van der Waals surface area contributed by atoms with E-state index in [4.69, 9.17) is 11.6 Å². The van der Waals surface area contributed by atoms with Gasteiger partial charge in [0, 0.05) is 27.2 Å². The number of halogens is 1. The highest BCUT2D eigenvalue weighted by molar-refractivity contribution is 6.31. The summed E-state index contributed by atoms with van der Waals surface area (Å²) in [5.41, 5.74) is 0.724. The molecule has 0 bridgehead atoms. The number of carbonyl (C=O) groups is 1. The smallest absolute Gasteiger partial charge is 0.320 e. The SMILES string of the molecule is CNc1ccc(Cl)c(CN2CCN(C)C2=O)n1. The number of hydrogen-bond acceptors (Lipinski definition) is 3. The number of hydrogen-bond donors (Lipinski definition) is 1. The molecule has 92 valence electrons. The quantitative estimate of drug-likeness (QED) is 0.892. The molecule has 5 nitrogen and oxygen atoms in total. The number of amides is 2. The van der Waals surface area contributed by atoms with Crippen LogP contribution in [-0.2, 0) is 6.54 Å². The summed E-state index contributed by atoms with van der Waals surface area (Å²) in [7, 11) is 3.59. The lowest BCUT2D eigenvalue weighted by Crippen LogP contribution is -2.29. The third-order valence-corrected chi connectivity index (χ3v) is 3.16. The number of rotatable bonds is 3. The number of likely N-dealkylation sites (N-methyl/N-ethyl adjacent to an activating group) is 1. The minimum atomic E-state index is 0.0257. The molecule has 0 aliphatic carbocycles. The maximum absolute atomic E-state index is 11.7. The Balaban J connectivity index is 2.15. The van der Waals surface area contributed by atoms with E-state index in [-0.39, 0.29) is 6.03 Å². The molecule has 1 aromatic rings. The van der Waals surface area contributed by atoms with Gasteiger partial charge in [-0.05, 0) is 12.1 Å². The molecule has 0 atom stereocenters. The van der Waals surface area contributed by atoms with Crippen LogP contribution in [0.2, 0.25) is 5.02 Å². The largest absolute Gasteiger partial charge is 0.373 e. The van der Waals surface area contributed by atoms with Crippen LogP contribution < -0.4 is 5.32 Å². The van der Waals surface area contributed by atoms with Crippen LogP contribution in [0.5, 0.6) is 0 Å². The Hall–Kier alpha value is -1.49. The number of urea groups is 1. The van der Waals surface area contributed by atoms with E-state index in [1.165, 1.54) is 0 Å². The first-order chi connectivity index (χ1) is 8.11. The first-order valence-corrected chi connectivity index (χ1v) is 5.83. The molecular formula is C11H15ClN4O. The minimum Gasteiger partial charge on any atom is -0.373 e. The van der Waals surface area contributed by atoms with Crippen LogP contribution in [0.1, 0.15) is 5.69 Å². The third kappa shape index (κ3) is 2.44. The molecule has 0 saturated carbocycles. The highest BCUT2D eigenvalue weighted by atomic mass is 35.5. The van der Waals surface area contributed by atoms with Gasteiger partial charge < -0.3 is 15.1 Å². The van der Waals surface area contributed by atoms with Crippen molar-refractivity contribution in [2.24, 2.45) is 0 Å². The van der Waals surface area contributed by atoms with E-state index in [1.807, 2.05) is 6.07 Å². The van der Waals surface area contributed by atoms with Gasteiger partial charge in [0.1, 0.15) is 5.82 Å². The maximum atomic E-state index is 11.7. The van der Waals surface area contributed by atoms with Crippen molar-refractivity contribution in [1.29, 1.82) is 0 Å². The summed E-state index contributed by atoms with van der Waals surface area (Å²) >= 11 is 6.07. The van der Waals surface area contributed by atoms with Crippen molar-refractivity contribution in [2.75, 3.05) is 32.5 Å². The number of carbonyl (C=O) groups excluding carboxylic acids is 1. The van der Waals surface area contributed by atoms with Crippen molar-refractivity contribution in [1.82, 2.24) is 14.8 Å². The predicted molar refractivity (Wildman–Crippen MR) is 67.2 cm³/mol. The van der Waals surface area contributed by atoms with E-state index in [1.54, 1.807) is 30.0 Å². The Kier molecular flexibility index (Phi) is 3.38. The van der Waals surface area contributed by atoms with Crippen molar-refractivity contribution >= 4 is 23.4 Å². The zero-order valence-electron chi connectivity index (χ0n) is 9.90. The van der Waals surface area contributed by atoms with Gasteiger partial charge in [0.15, 0.2) is 0 Å². The van der Waals surface area contributed by atoms with Crippen LogP contribution in [-0.4, -0.2) is 48.0 Å². The Morgan fingerprint density at radius 1 is 1.47 bits per heavy atom. The molecular weight excluding hydrogens is 240 g/mol. The Morgan fingerprint density at radius 2 is 2.24 bits per heavy atom. The van der Waals surface area contributed by atoms with Crippen molar-refractivity contribution in [3.8, 4) is 0 Å². The Bertz CT molecular complexity index is 437. The van der Waals surface area contributed by atoms with Gasteiger partial charge in [0.25, 0.3) is 0 Å². The molecule has 0 radical (unpaired) electrons. The van der Waals surface area contributed by atoms with Gasteiger partial charge in [0.2, 0.25) is 0 Å². The number of nitrogens with zero attached hydrogens (tertiary/aromatic N) is 3. The molecule has 17 heavy (non-hydrogen) atoms. The summed E-state index contributed by atoms with van der Waals surface area (Å²) in [6.07, 6.45) is 0. The summed E-state index contributed by atoms with van der Waals surface area (Å²) in [5, 5.41) is 3.55. The van der Waals surface area contributed by atoms with E-state index in [0.29, 0.717) is 11.6 Å². The van der Waals surface area contributed by atoms with Crippen molar-refractivity contribution in [2.45, 2.75) is 6.54 Å². The molecule has 1 N–H and O–H groups in total. The van der Waals surface area contributed by atoms with E-state index in [2.05, 4.69) is 10.3 Å². The lowest BCUT2D eigenvalue weighted by Gasteiger charge is -2.16. The fourth-order valence-corrected chi connectivity index (χ4v) is 1.93. The predicted octanol–water partition coefficient (Wildman–Crippen LogP) is 1.64. The summed E-state index contributed by atoms with van der Waals surface area (Å²) in [5.74, 6) is 0.754. The zero-order chi connectivity index (χ0) is 12.4. The van der Waals surface area contributed by atoms with Gasteiger partial charge in [0.05, 0.1) is 17.3 Å². The molecule has 1 fully saturated rings. The highest BCUT2D eigenvalue weighted by Gasteiger charge is 2.26. The van der Waals surface area contributed by atoms with Gasteiger partial charge in [-0.15, -0.1) is 0 Å². The van der Waals surface area contributed by atoms with Gasteiger partial charge in [-0.3, -0.25) is 0 Å². The van der Waals surface area contributed by atoms with Crippen LogP contribution in [0.4, 0.5) is 10.6 Å². The lowest BCUT2D eigenvalue weighted by atomic mass is 10.3. The van der Waals surface area contributed by atoms with Crippen molar-refractivity contribution in [3.63, 3.8) is 0 Å². The molecule has 2 amide bonds. The molecule has 1 saturated heterocycles. The van der Waals surface area contributed by atoms with Crippen molar-refractivity contribution < 1.29 is 4.79 Å². The van der Waals surface area contributed by atoms with Crippen LogP contribution in [0.15, 0.2) is 12.1 Å². The molecule has 1 aliphatic heterocycles. The lowest BCUT2D eigenvalue weighted by molar-refractivity contribution is 0.196. The Morgan fingerprint density at radius 3 is 2.82 bits per heavy atom. The first kappa shape index (κ1) is 12.0. The van der Waals surface area contributed by atoms with Gasteiger partial charge in [-0.25, -0.2) is 9.78 Å². The van der Waals surface area contributed by atoms with E-state index in [0.717, 1.165) is 24.6 Å². The molecule has 0 unspecified atom stereocenters.